The van der Waals surface area contributed by atoms with Crippen LogP contribution in [0.4, 0.5) is 5.69 Å². The molecule has 0 spiro atoms. The zero-order valence-corrected chi connectivity index (χ0v) is 19.8. The maximum absolute atomic E-state index is 12.9. The van der Waals surface area contributed by atoms with Crippen molar-refractivity contribution in [3.63, 3.8) is 0 Å². The molecule has 3 aromatic rings. The molecule has 0 saturated carbocycles. The van der Waals surface area contributed by atoms with Gasteiger partial charge >= 0.3 is 0 Å². The first-order chi connectivity index (χ1) is 16.9. The van der Waals surface area contributed by atoms with Crippen molar-refractivity contribution in [3.8, 4) is 23.0 Å². The van der Waals surface area contributed by atoms with Crippen molar-refractivity contribution in [1.82, 2.24) is 5.32 Å². The number of amides is 1. The van der Waals surface area contributed by atoms with Gasteiger partial charge in [-0.25, -0.2) is 0 Å². The van der Waals surface area contributed by atoms with Crippen molar-refractivity contribution in [2.45, 2.75) is 6.04 Å². The minimum atomic E-state index is -0.572. The summed E-state index contributed by atoms with van der Waals surface area (Å²) in [5.74, 6) is 1.73. The van der Waals surface area contributed by atoms with Crippen LogP contribution in [0.2, 0.25) is 0 Å². The predicted octanol–water partition coefficient (Wildman–Crippen LogP) is 4.55. The zero-order chi connectivity index (χ0) is 25.4. The number of hydrogen-bond acceptors (Lipinski definition) is 7. The van der Waals surface area contributed by atoms with Crippen molar-refractivity contribution in [1.29, 1.82) is 0 Å². The first-order valence-electron chi connectivity index (χ1n) is 10.6. The zero-order valence-electron chi connectivity index (χ0n) is 19.8. The van der Waals surface area contributed by atoms with Crippen LogP contribution in [0, 0.1) is 10.1 Å². The Labute approximate surface area is 203 Å². The van der Waals surface area contributed by atoms with Crippen LogP contribution in [0.25, 0.3) is 6.08 Å². The molecule has 0 aromatic heterocycles. The maximum Gasteiger partial charge on any atom is 0.270 e. The summed E-state index contributed by atoms with van der Waals surface area (Å²) >= 11 is 0. The number of benzene rings is 3. The van der Waals surface area contributed by atoms with Crippen molar-refractivity contribution in [3.05, 3.63) is 93.5 Å². The summed E-state index contributed by atoms with van der Waals surface area (Å²) in [5.41, 5.74) is 1.96. The monoisotopic (exact) mass is 478 g/mol. The van der Waals surface area contributed by atoms with Gasteiger partial charge in [0.1, 0.15) is 0 Å². The standard InChI is InChI=1S/C26H26N2O7/c1-32-21-11-9-18(15-23(21)34-3)26(19-10-12-22(33-2)24(16-19)35-4)27-25(29)13-8-17-6-5-7-20(14-17)28(30)31/h5-16,26H,1-4H3,(H,27,29)/b13-8-. The number of methoxy groups -OCH3 is 4. The Bertz CT molecular complexity index is 1180. The fourth-order valence-corrected chi connectivity index (χ4v) is 3.53. The Kier molecular flexibility index (Phi) is 8.29. The average molecular weight is 479 g/mol. The quantitative estimate of drug-likeness (QED) is 0.259. The summed E-state index contributed by atoms with van der Waals surface area (Å²) in [4.78, 5) is 23.4. The highest BCUT2D eigenvalue weighted by molar-refractivity contribution is 5.92. The molecule has 0 fully saturated rings. The molecule has 0 aliphatic carbocycles. The average Bonchev–Trinajstić information content (AvgIpc) is 2.89. The third-order valence-electron chi connectivity index (χ3n) is 5.28. The van der Waals surface area contributed by atoms with Crippen LogP contribution in [-0.4, -0.2) is 39.3 Å². The van der Waals surface area contributed by atoms with E-state index >= 15 is 0 Å². The Morgan fingerprint density at radius 3 is 1.86 bits per heavy atom. The third-order valence-corrected chi connectivity index (χ3v) is 5.28. The van der Waals surface area contributed by atoms with Gasteiger partial charge < -0.3 is 24.3 Å². The summed E-state index contributed by atoms with van der Waals surface area (Å²) in [5, 5.41) is 14.0. The van der Waals surface area contributed by atoms with E-state index in [1.54, 1.807) is 50.6 Å². The van der Waals surface area contributed by atoms with E-state index < -0.39 is 16.9 Å². The van der Waals surface area contributed by atoms with E-state index in [9.17, 15) is 14.9 Å². The number of ether oxygens (including phenoxy) is 4. The lowest BCUT2D eigenvalue weighted by Gasteiger charge is -2.21. The van der Waals surface area contributed by atoms with Gasteiger partial charge in [0.2, 0.25) is 5.91 Å². The van der Waals surface area contributed by atoms with Crippen molar-refractivity contribution >= 4 is 17.7 Å². The van der Waals surface area contributed by atoms with E-state index in [-0.39, 0.29) is 5.69 Å². The first kappa shape index (κ1) is 25.1. The minimum Gasteiger partial charge on any atom is -0.493 e. The van der Waals surface area contributed by atoms with Gasteiger partial charge in [-0.05, 0) is 47.0 Å². The van der Waals surface area contributed by atoms with E-state index in [0.717, 1.165) is 11.1 Å². The van der Waals surface area contributed by atoms with E-state index in [1.807, 2.05) is 12.1 Å². The number of non-ortho nitro benzene ring substituents is 1. The van der Waals surface area contributed by atoms with Crippen LogP contribution in [-0.2, 0) is 4.79 Å². The van der Waals surface area contributed by atoms with Gasteiger partial charge in [-0.1, -0.05) is 24.3 Å². The highest BCUT2D eigenvalue weighted by Gasteiger charge is 2.20. The van der Waals surface area contributed by atoms with E-state index in [4.69, 9.17) is 18.9 Å². The molecular weight excluding hydrogens is 452 g/mol. The summed E-state index contributed by atoms with van der Waals surface area (Å²) in [6, 6.07) is 16.2. The lowest BCUT2D eigenvalue weighted by Crippen LogP contribution is -2.27. The topological polar surface area (TPSA) is 109 Å². The predicted molar refractivity (Wildman–Crippen MR) is 131 cm³/mol. The van der Waals surface area contributed by atoms with Crippen LogP contribution in [0.3, 0.4) is 0 Å². The molecule has 0 atom stereocenters. The molecule has 0 heterocycles. The molecular formula is C26H26N2O7. The van der Waals surface area contributed by atoms with Gasteiger partial charge in [0.15, 0.2) is 23.0 Å². The Morgan fingerprint density at radius 1 is 0.829 bits per heavy atom. The molecule has 0 saturated heterocycles. The number of nitrogens with zero attached hydrogens (tertiary/aromatic N) is 1. The fourth-order valence-electron chi connectivity index (χ4n) is 3.53. The Hall–Kier alpha value is -4.53. The van der Waals surface area contributed by atoms with Gasteiger partial charge in [-0.3, -0.25) is 14.9 Å². The van der Waals surface area contributed by atoms with Crippen LogP contribution in [0.5, 0.6) is 23.0 Å². The smallest absolute Gasteiger partial charge is 0.270 e. The largest absolute Gasteiger partial charge is 0.493 e. The number of nitrogens with one attached hydrogen (secondary N) is 1. The number of nitro benzene ring substituents is 1. The van der Waals surface area contributed by atoms with Gasteiger partial charge in [0.25, 0.3) is 5.69 Å². The summed E-state index contributed by atoms with van der Waals surface area (Å²) in [7, 11) is 6.16. The number of nitro groups is 1. The van der Waals surface area contributed by atoms with Crippen molar-refractivity contribution in [2.75, 3.05) is 28.4 Å². The molecule has 182 valence electrons. The fraction of sp³-hybridized carbons (Fsp3) is 0.192. The number of carbonyl (C=O) groups excluding carboxylic acids is 1. The molecule has 0 radical (unpaired) electrons. The van der Waals surface area contributed by atoms with Gasteiger partial charge in [-0.15, -0.1) is 0 Å². The summed E-state index contributed by atoms with van der Waals surface area (Å²) in [6.45, 7) is 0. The second-order valence-electron chi connectivity index (χ2n) is 7.36. The highest BCUT2D eigenvalue weighted by atomic mass is 16.6. The highest BCUT2D eigenvalue weighted by Crippen LogP contribution is 2.35. The van der Waals surface area contributed by atoms with Crippen LogP contribution >= 0.6 is 0 Å². The number of rotatable bonds is 10. The summed E-state index contributed by atoms with van der Waals surface area (Å²) < 4.78 is 21.5. The van der Waals surface area contributed by atoms with Crippen molar-refractivity contribution < 1.29 is 28.7 Å². The third kappa shape index (κ3) is 6.08. The van der Waals surface area contributed by atoms with Gasteiger partial charge in [0, 0.05) is 18.2 Å². The lowest BCUT2D eigenvalue weighted by molar-refractivity contribution is -0.384. The van der Waals surface area contributed by atoms with Crippen molar-refractivity contribution in [2.24, 2.45) is 0 Å². The Balaban J connectivity index is 1.96. The van der Waals surface area contributed by atoms with E-state index in [0.29, 0.717) is 28.6 Å². The molecule has 9 nitrogen and oxygen atoms in total. The van der Waals surface area contributed by atoms with Crippen LogP contribution in [0.1, 0.15) is 22.7 Å². The maximum atomic E-state index is 12.9. The molecule has 3 aromatic carbocycles. The number of carbonyl (C=O) groups is 1. The second kappa shape index (κ2) is 11.6. The van der Waals surface area contributed by atoms with Crippen LogP contribution < -0.4 is 24.3 Å². The van der Waals surface area contributed by atoms with Gasteiger partial charge in [0.05, 0.1) is 39.4 Å². The molecule has 0 aliphatic heterocycles. The molecule has 0 bridgehead atoms. The molecule has 1 N–H and O–H groups in total. The summed E-state index contributed by atoms with van der Waals surface area (Å²) in [6.07, 6.45) is 2.84. The molecule has 3 rings (SSSR count). The SMILES string of the molecule is COc1ccc(C(NC(=O)/C=C\c2cccc([N+](=O)[O-])c2)c2ccc(OC)c(OC)c2)cc1OC. The molecule has 0 aliphatic rings. The second-order valence-corrected chi connectivity index (χ2v) is 7.36. The first-order valence-corrected chi connectivity index (χ1v) is 10.6. The van der Waals surface area contributed by atoms with Crippen LogP contribution in [0.15, 0.2) is 66.7 Å². The molecule has 9 heteroatoms. The van der Waals surface area contributed by atoms with E-state index in [1.165, 1.54) is 38.5 Å². The normalized spacial score (nSPS) is 10.8. The van der Waals surface area contributed by atoms with Gasteiger partial charge in [-0.2, -0.15) is 0 Å². The molecule has 1 amide bonds. The molecule has 0 unspecified atom stereocenters. The molecule has 35 heavy (non-hydrogen) atoms. The van der Waals surface area contributed by atoms with E-state index in [2.05, 4.69) is 5.32 Å². The minimum absolute atomic E-state index is 0.0545. The Morgan fingerprint density at radius 2 is 1.37 bits per heavy atom. The number of hydrogen-bond donors (Lipinski definition) is 1. The lowest BCUT2D eigenvalue weighted by atomic mass is 9.97.